The number of amides is 2. The third kappa shape index (κ3) is 4.99. The standard InChI is InChI=1S/C25H23F3N4O5/c1-31-21(35)19(33)18(20(34)29-12-16-7-9-17(26)10-8-16)30-22(31)24(11-15-5-3-2-4-6-15)13-25(27,28)14-32(24)23(36)37/h2-10,33H,11-14H2,1H3,(H,29,34)(H,36,37)/t24-/m0/s1. The number of hydrogen-bond donors (Lipinski definition) is 3. The quantitative estimate of drug-likeness (QED) is 0.463. The SMILES string of the molecule is Cn1c([C@]2(Cc3ccccc3)CC(F)(F)CN2C(=O)O)nc(C(=O)NCc2ccc(F)cc2)c(O)c1=O. The number of aromatic nitrogens is 2. The molecule has 9 nitrogen and oxygen atoms in total. The lowest BCUT2D eigenvalue weighted by Gasteiger charge is -2.36. The summed E-state index contributed by atoms with van der Waals surface area (Å²) in [6.45, 7) is -1.25. The van der Waals surface area contributed by atoms with Crippen molar-refractivity contribution in [3.63, 3.8) is 0 Å². The van der Waals surface area contributed by atoms with Crippen molar-refractivity contribution >= 4 is 12.0 Å². The van der Waals surface area contributed by atoms with E-state index in [1.165, 1.54) is 24.3 Å². The maximum atomic E-state index is 14.8. The van der Waals surface area contributed by atoms with E-state index in [1.807, 2.05) is 0 Å². The highest BCUT2D eigenvalue weighted by molar-refractivity contribution is 5.94. The van der Waals surface area contributed by atoms with Crippen LogP contribution in [-0.4, -0.2) is 49.1 Å². The third-order valence-corrected chi connectivity index (χ3v) is 6.29. The molecule has 1 saturated heterocycles. The van der Waals surface area contributed by atoms with Crippen molar-refractivity contribution in [1.29, 1.82) is 0 Å². The zero-order valence-electron chi connectivity index (χ0n) is 19.6. The molecule has 12 heteroatoms. The van der Waals surface area contributed by atoms with Gasteiger partial charge in [0.1, 0.15) is 17.2 Å². The molecule has 1 aromatic heterocycles. The van der Waals surface area contributed by atoms with Crippen LogP contribution < -0.4 is 10.9 Å². The molecule has 2 heterocycles. The van der Waals surface area contributed by atoms with E-state index in [0.717, 1.165) is 11.6 Å². The van der Waals surface area contributed by atoms with Gasteiger partial charge in [-0.2, -0.15) is 0 Å². The Kier molecular flexibility index (Phi) is 6.68. The van der Waals surface area contributed by atoms with Crippen molar-refractivity contribution in [3.8, 4) is 5.75 Å². The van der Waals surface area contributed by atoms with Crippen molar-refractivity contribution in [3.05, 3.63) is 93.4 Å². The first-order valence-corrected chi connectivity index (χ1v) is 11.2. The predicted molar refractivity (Wildman–Crippen MR) is 125 cm³/mol. The summed E-state index contributed by atoms with van der Waals surface area (Å²) in [6.07, 6.45) is -2.92. The zero-order chi connectivity index (χ0) is 27.0. The van der Waals surface area contributed by atoms with Crippen LogP contribution in [0.1, 0.15) is 33.9 Å². The summed E-state index contributed by atoms with van der Waals surface area (Å²) in [5.41, 5.74) is -2.87. The Morgan fingerprint density at radius 2 is 1.73 bits per heavy atom. The molecule has 1 fully saturated rings. The molecule has 0 unspecified atom stereocenters. The van der Waals surface area contributed by atoms with E-state index in [9.17, 15) is 37.8 Å². The molecule has 0 bridgehead atoms. The Balaban J connectivity index is 1.82. The van der Waals surface area contributed by atoms with Gasteiger partial charge in [-0.3, -0.25) is 19.1 Å². The van der Waals surface area contributed by atoms with Crippen LogP contribution in [0.15, 0.2) is 59.4 Å². The Morgan fingerprint density at radius 3 is 2.35 bits per heavy atom. The van der Waals surface area contributed by atoms with Gasteiger partial charge in [0.2, 0.25) is 5.75 Å². The molecule has 194 valence electrons. The number of nitrogens with zero attached hydrogens (tertiary/aromatic N) is 3. The van der Waals surface area contributed by atoms with Gasteiger partial charge in [-0.05, 0) is 23.3 Å². The number of likely N-dealkylation sites (tertiary alicyclic amines) is 1. The fourth-order valence-electron chi connectivity index (χ4n) is 4.62. The zero-order valence-corrected chi connectivity index (χ0v) is 19.6. The molecular weight excluding hydrogens is 493 g/mol. The summed E-state index contributed by atoms with van der Waals surface area (Å²) in [4.78, 5) is 42.6. The third-order valence-electron chi connectivity index (χ3n) is 6.29. The summed E-state index contributed by atoms with van der Waals surface area (Å²) in [5, 5.41) is 22.7. The number of aromatic hydroxyl groups is 1. The minimum Gasteiger partial charge on any atom is -0.501 e. The predicted octanol–water partition coefficient (Wildman–Crippen LogP) is 3.01. The lowest BCUT2D eigenvalue weighted by atomic mass is 9.86. The van der Waals surface area contributed by atoms with Crippen LogP contribution in [0.5, 0.6) is 5.75 Å². The molecule has 1 aliphatic rings. The molecule has 2 amide bonds. The molecule has 3 aromatic rings. The number of carbonyl (C=O) groups excluding carboxylic acids is 1. The van der Waals surface area contributed by atoms with Crippen LogP contribution in [0.2, 0.25) is 0 Å². The van der Waals surface area contributed by atoms with Gasteiger partial charge in [0, 0.05) is 26.4 Å². The van der Waals surface area contributed by atoms with Gasteiger partial charge in [-0.1, -0.05) is 42.5 Å². The molecule has 0 radical (unpaired) electrons. The Hall–Kier alpha value is -4.35. The Morgan fingerprint density at radius 1 is 1.08 bits per heavy atom. The molecular formula is C25H23F3N4O5. The van der Waals surface area contributed by atoms with Crippen LogP contribution in [0.25, 0.3) is 0 Å². The first-order chi connectivity index (χ1) is 17.4. The molecule has 2 aromatic carbocycles. The average molecular weight is 516 g/mol. The highest BCUT2D eigenvalue weighted by atomic mass is 19.3. The van der Waals surface area contributed by atoms with Gasteiger partial charge in [0.15, 0.2) is 5.69 Å². The molecule has 1 atom stereocenters. The monoisotopic (exact) mass is 516 g/mol. The van der Waals surface area contributed by atoms with E-state index in [2.05, 4.69) is 10.3 Å². The van der Waals surface area contributed by atoms with Gasteiger partial charge < -0.3 is 15.5 Å². The topological polar surface area (TPSA) is 125 Å². The van der Waals surface area contributed by atoms with Crippen LogP contribution in [0.4, 0.5) is 18.0 Å². The summed E-state index contributed by atoms with van der Waals surface area (Å²) in [5.74, 6) is -6.36. The minimum atomic E-state index is -3.45. The lowest BCUT2D eigenvalue weighted by molar-refractivity contribution is 0.0113. The number of benzene rings is 2. The number of alkyl halides is 2. The lowest BCUT2D eigenvalue weighted by Crippen LogP contribution is -2.50. The second-order valence-electron chi connectivity index (χ2n) is 8.90. The average Bonchev–Trinajstić information content (AvgIpc) is 3.13. The summed E-state index contributed by atoms with van der Waals surface area (Å²) in [7, 11) is 1.16. The highest BCUT2D eigenvalue weighted by Gasteiger charge is 2.59. The van der Waals surface area contributed by atoms with Crippen LogP contribution in [0, 0.1) is 5.82 Å². The molecule has 0 spiro atoms. The van der Waals surface area contributed by atoms with Crippen LogP contribution in [-0.2, 0) is 25.6 Å². The number of carboxylic acid groups (broad SMARTS) is 1. The number of halogens is 3. The van der Waals surface area contributed by atoms with Gasteiger partial charge in [0.05, 0.1) is 6.54 Å². The van der Waals surface area contributed by atoms with E-state index < -0.39 is 65.1 Å². The fourth-order valence-corrected chi connectivity index (χ4v) is 4.62. The van der Waals surface area contributed by atoms with E-state index in [0.29, 0.717) is 16.0 Å². The van der Waals surface area contributed by atoms with Crippen LogP contribution >= 0.6 is 0 Å². The van der Waals surface area contributed by atoms with Gasteiger partial charge >= 0.3 is 6.09 Å². The van der Waals surface area contributed by atoms with Crippen molar-refractivity contribution in [1.82, 2.24) is 19.8 Å². The van der Waals surface area contributed by atoms with Gasteiger partial charge in [0.25, 0.3) is 17.4 Å². The maximum Gasteiger partial charge on any atom is 0.408 e. The highest BCUT2D eigenvalue weighted by Crippen LogP contribution is 2.47. The smallest absolute Gasteiger partial charge is 0.408 e. The Labute approximate surface area is 208 Å². The van der Waals surface area contributed by atoms with Crippen molar-refractivity contribution in [2.75, 3.05) is 6.54 Å². The summed E-state index contributed by atoms with van der Waals surface area (Å²) < 4.78 is 43.5. The molecule has 37 heavy (non-hydrogen) atoms. The van der Waals surface area contributed by atoms with E-state index in [-0.39, 0.29) is 13.0 Å². The first kappa shape index (κ1) is 25.7. The van der Waals surface area contributed by atoms with E-state index in [1.54, 1.807) is 30.3 Å². The van der Waals surface area contributed by atoms with Crippen LogP contribution in [0.3, 0.4) is 0 Å². The number of rotatable bonds is 6. The van der Waals surface area contributed by atoms with Crippen molar-refractivity contribution in [2.45, 2.75) is 30.8 Å². The Bertz CT molecular complexity index is 1400. The number of nitrogens with one attached hydrogen (secondary N) is 1. The van der Waals surface area contributed by atoms with Gasteiger partial charge in [-0.25, -0.2) is 22.9 Å². The first-order valence-electron chi connectivity index (χ1n) is 11.2. The minimum absolute atomic E-state index is 0.112. The molecule has 0 saturated carbocycles. The number of carbonyl (C=O) groups is 2. The second kappa shape index (κ2) is 9.60. The molecule has 1 aliphatic heterocycles. The second-order valence-corrected chi connectivity index (χ2v) is 8.90. The number of hydrogen-bond acceptors (Lipinski definition) is 5. The van der Waals surface area contributed by atoms with Crippen molar-refractivity contribution < 1.29 is 33.0 Å². The largest absolute Gasteiger partial charge is 0.501 e. The van der Waals surface area contributed by atoms with E-state index >= 15 is 0 Å². The molecule has 0 aliphatic carbocycles. The maximum absolute atomic E-state index is 14.8. The van der Waals surface area contributed by atoms with E-state index in [4.69, 9.17) is 0 Å². The summed E-state index contributed by atoms with van der Waals surface area (Å²) in [6, 6.07) is 13.4. The van der Waals surface area contributed by atoms with Gasteiger partial charge in [-0.15, -0.1) is 0 Å². The van der Waals surface area contributed by atoms with Crippen molar-refractivity contribution in [2.24, 2.45) is 7.05 Å². The normalized spacial score (nSPS) is 18.5. The molecule has 3 N–H and O–H groups in total. The summed E-state index contributed by atoms with van der Waals surface area (Å²) >= 11 is 0. The molecule has 4 rings (SSSR count). The fraction of sp³-hybridized carbons (Fsp3) is 0.280.